The molecule has 1 aliphatic rings. The maximum atomic E-state index is 13.1. The van der Waals surface area contributed by atoms with Crippen molar-refractivity contribution in [3.8, 4) is 0 Å². The van der Waals surface area contributed by atoms with E-state index in [4.69, 9.17) is 9.47 Å². The van der Waals surface area contributed by atoms with Gasteiger partial charge in [-0.15, -0.1) is 0 Å². The molecule has 0 unspecified atom stereocenters. The first-order valence-corrected chi connectivity index (χ1v) is 8.79. The molecule has 0 aromatic heterocycles. The molecule has 1 saturated heterocycles. The van der Waals surface area contributed by atoms with Gasteiger partial charge in [-0.05, 0) is 25.1 Å². The standard InChI is InChI=1S/C18H22FN3O6/c1-2-27-18(26)22-8-6-21(7-9-22)15(23)12-28-16(24)11-20-17(25)13-4-3-5-14(19)10-13/h3-5,10H,2,6-9,11-12H2,1H3,(H,20,25). The first-order chi connectivity index (χ1) is 13.4. The van der Waals surface area contributed by atoms with Crippen LogP contribution in [-0.2, 0) is 19.1 Å². The summed E-state index contributed by atoms with van der Waals surface area (Å²) in [5.41, 5.74) is 0.0725. The quantitative estimate of drug-likeness (QED) is 0.699. The van der Waals surface area contributed by atoms with Crippen LogP contribution in [0, 0.1) is 5.82 Å². The van der Waals surface area contributed by atoms with Gasteiger partial charge in [0.25, 0.3) is 11.8 Å². The van der Waals surface area contributed by atoms with Crippen molar-refractivity contribution < 1.29 is 33.0 Å². The van der Waals surface area contributed by atoms with Gasteiger partial charge in [0.2, 0.25) is 0 Å². The second kappa shape index (κ2) is 10.2. The summed E-state index contributed by atoms with van der Waals surface area (Å²) in [4.78, 5) is 50.2. The molecule has 0 atom stereocenters. The fraction of sp³-hybridized carbons (Fsp3) is 0.444. The summed E-state index contributed by atoms with van der Waals surface area (Å²) in [6.45, 7) is 2.38. The van der Waals surface area contributed by atoms with E-state index in [9.17, 15) is 23.6 Å². The first kappa shape index (κ1) is 21.1. The predicted molar refractivity (Wildman–Crippen MR) is 94.9 cm³/mol. The fourth-order valence-electron chi connectivity index (χ4n) is 2.52. The number of halogens is 1. The van der Waals surface area contributed by atoms with Crippen molar-refractivity contribution in [3.63, 3.8) is 0 Å². The third-order valence-corrected chi connectivity index (χ3v) is 4.00. The maximum Gasteiger partial charge on any atom is 0.409 e. The van der Waals surface area contributed by atoms with Gasteiger partial charge in [0, 0.05) is 31.7 Å². The number of hydrogen-bond acceptors (Lipinski definition) is 6. The van der Waals surface area contributed by atoms with E-state index in [0.29, 0.717) is 26.2 Å². The Hall–Kier alpha value is -3.17. The van der Waals surface area contributed by atoms with Gasteiger partial charge in [-0.25, -0.2) is 9.18 Å². The molecule has 0 radical (unpaired) electrons. The molecule has 2 rings (SSSR count). The Morgan fingerprint density at radius 2 is 1.75 bits per heavy atom. The summed E-state index contributed by atoms with van der Waals surface area (Å²) >= 11 is 0. The number of nitrogens with one attached hydrogen (secondary N) is 1. The van der Waals surface area contributed by atoms with Crippen LogP contribution >= 0.6 is 0 Å². The summed E-state index contributed by atoms with van der Waals surface area (Å²) in [5, 5.41) is 2.30. The zero-order chi connectivity index (χ0) is 20.5. The summed E-state index contributed by atoms with van der Waals surface area (Å²) < 4.78 is 22.8. The Bertz CT molecular complexity index is 734. The number of carbonyl (C=O) groups is 4. The number of piperazine rings is 1. The summed E-state index contributed by atoms with van der Waals surface area (Å²) in [6, 6.07) is 5.02. The number of benzene rings is 1. The third kappa shape index (κ3) is 6.22. The minimum atomic E-state index is -0.789. The zero-order valence-electron chi connectivity index (χ0n) is 15.5. The van der Waals surface area contributed by atoms with E-state index in [-0.39, 0.29) is 12.2 Å². The molecule has 152 valence electrons. The Labute approximate surface area is 161 Å². The van der Waals surface area contributed by atoms with E-state index in [2.05, 4.69) is 5.32 Å². The van der Waals surface area contributed by atoms with Gasteiger partial charge in [-0.1, -0.05) is 6.07 Å². The number of amides is 3. The molecule has 0 aliphatic carbocycles. The minimum Gasteiger partial charge on any atom is -0.454 e. The van der Waals surface area contributed by atoms with Crippen molar-refractivity contribution in [2.75, 3.05) is 45.9 Å². The highest BCUT2D eigenvalue weighted by Crippen LogP contribution is 2.05. The van der Waals surface area contributed by atoms with Gasteiger partial charge >= 0.3 is 12.1 Å². The fourth-order valence-corrected chi connectivity index (χ4v) is 2.52. The Kier molecular flexibility index (Phi) is 7.73. The van der Waals surface area contributed by atoms with Crippen molar-refractivity contribution in [1.82, 2.24) is 15.1 Å². The number of carbonyl (C=O) groups excluding carboxylic acids is 4. The SMILES string of the molecule is CCOC(=O)N1CCN(C(=O)COC(=O)CNC(=O)c2cccc(F)c2)CC1. The highest BCUT2D eigenvalue weighted by Gasteiger charge is 2.25. The molecule has 1 heterocycles. The van der Waals surface area contributed by atoms with Gasteiger partial charge in [-0.3, -0.25) is 14.4 Å². The average molecular weight is 395 g/mol. The van der Waals surface area contributed by atoms with Crippen molar-refractivity contribution in [1.29, 1.82) is 0 Å². The van der Waals surface area contributed by atoms with Crippen molar-refractivity contribution in [3.05, 3.63) is 35.6 Å². The van der Waals surface area contributed by atoms with Crippen molar-refractivity contribution in [2.24, 2.45) is 0 Å². The molecular weight excluding hydrogens is 373 g/mol. The number of rotatable bonds is 6. The highest BCUT2D eigenvalue weighted by molar-refractivity contribution is 5.96. The Morgan fingerprint density at radius 1 is 1.07 bits per heavy atom. The molecule has 1 aromatic rings. The second-order valence-electron chi connectivity index (χ2n) is 5.92. The van der Waals surface area contributed by atoms with Crippen LogP contribution in [0.4, 0.5) is 9.18 Å². The molecule has 9 nitrogen and oxygen atoms in total. The van der Waals surface area contributed by atoms with Crippen molar-refractivity contribution >= 4 is 23.9 Å². The monoisotopic (exact) mass is 395 g/mol. The van der Waals surface area contributed by atoms with Crippen LogP contribution in [0.2, 0.25) is 0 Å². The largest absolute Gasteiger partial charge is 0.454 e. The smallest absolute Gasteiger partial charge is 0.409 e. The molecule has 0 spiro atoms. The predicted octanol–water partition coefficient (Wildman–Crippen LogP) is 0.399. The molecule has 1 aliphatic heterocycles. The number of ether oxygens (including phenoxy) is 2. The Balaban J connectivity index is 1.68. The number of nitrogens with zero attached hydrogens (tertiary/aromatic N) is 2. The molecule has 1 fully saturated rings. The van der Waals surface area contributed by atoms with Crippen LogP contribution in [0.25, 0.3) is 0 Å². The lowest BCUT2D eigenvalue weighted by atomic mass is 10.2. The van der Waals surface area contributed by atoms with Gasteiger partial charge in [0.1, 0.15) is 12.4 Å². The van der Waals surface area contributed by atoms with Crippen LogP contribution in [0.15, 0.2) is 24.3 Å². The maximum absolute atomic E-state index is 13.1. The molecule has 0 bridgehead atoms. The van der Waals surface area contributed by atoms with Gasteiger partial charge in [0.15, 0.2) is 6.61 Å². The Morgan fingerprint density at radius 3 is 2.39 bits per heavy atom. The topological polar surface area (TPSA) is 105 Å². The molecule has 0 saturated carbocycles. The van der Waals surface area contributed by atoms with E-state index in [1.807, 2.05) is 0 Å². The number of esters is 1. The van der Waals surface area contributed by atoms with Crippen molar-refractivity contribution in [2.45, 2.75) is 6.92 Å². The van der Waals surface area contributed by atoms with Gasteiger partial charge in [0.05, 0.1) is 6.61 Å². The van der Waals surface area contributed by atoms with Crippen LogP contribution in [0.5, 0.6) is 0 Å². The molecule has 1 N–H and O–H groups in total. The van der Waals surface area contributed by atoms with Gasteiger partial charge < -0.3 is 24.6 Å². The van der Waals surface area contributed by atoms with E-state index in [0.717, 1.165) is 6.07 Å². The summed E-state index contributed by atoms with van der Waals surface area (Å²) in [5.74, 6) is -2.38. The van der Waals surface area contributed by atoms with E-state index < -0.39 is 42.8 Å². The van der Waals surface area contributed by atoms with Gasteiger partial charge in [-0.2, -0.15) is 0 Å². The molecule has 10 heteroatoms. The van der Waals surface area contributed by atoms with E-state index in [1.165, 1.54) is 28.0 Å². The highest BCUT2D eigenvalue weighted by atomic mass is 19.1. The molecule has 1 aromatic carbocycles. The first-order valence-electron chi connectivity index (χ1n) is 8.79. The van der Waals surface area contributed by atoms with Crippen LogP contribution in [-0.4, -0.2) is 79.6 Å². The lowest BCUT2D eigenvalue weighted by Crippen LogP contribution is -2.51. The summed E-state index contributed by atoms with van der Waals surface area (Å²) in [7, 11) is 0. The average Bonchev–Trinajstić information content (AvgIpc) is 2.70. The second-order valence-corrected chi connectivity index (χ2v) is 5.92. The lowest BCUT2D eigenvalue weighted by Gasteiger charge is -2.33. The summed E-state index contributed by atoms with van der Waals surface area (Å²) in [6.07, 6.45) is -0.421. The minimum absolute atomic E-state index is 0.0725. The van der Waals surface area contributed by atoms with E-state index >= 15 is 0 Å². The molecular formula is C18H22FN3O6. The van der Waals surface area contributed by atoms with E-state index in [1.54, 1.807) is 6.92 Å². The lowest BCUT2D eigenvalue weighted by molar-refractivity contribution is -0.151. The molecule has 3 amide bonds. The number of hydrogen-bond donors (Lipinski definition) is 1. The van der Waals surface area contributed by atoms with Crippen LogP contribution in [0.3, 0.4) is 0 Å². The third-order valence-electron chi connectivity index (χ3n) is 4.00. The normalized spacial score (nSPS) is 13.6. The van der Waals surface area contributed by atoms with Crippen LogP contribution < -0.4 is 5.32 Å². The molecule has 28 heavy (non-hydrogen) atoms. The zero-order valence-corrected chi connectivity index (χ0v) is 15.5. The van der Waals surface area contributed by atoms with Crippen LogP contribution in [0.1, 0.15) is 17.3 Å².